The molecule has 1 N–H and O–H groups in total. The molecule has 104 valence electrons. The molecule has 1 aliphatic rings. The van der Waals surface area contributed by atoms with Gasteiger partial charge >= 0.3 is 0 Å². The summed E-state index contributed by atoms with van der Waals surface area (Å²) in [5.74, 6) is 0.949. The van der Waals surface area contributed by atoms with Crippen LogP contribution in [0.2, 0.25) is 0 Å². The van der Waals surface area contributed by atoms with Crippen molar-refractivity contribution in [2.75, 3.05) is 13.7 Å². The number of hydrogen-bond acceptors (Lipinski definition) is 2. The van der Waals surface area contributed by atoms with Gasteiger partial charge in [0.05, 0.1) is 13.2 Å². The van der Waals surface area contributed by atoms with Crippen LogP contribution in [0, 0.1) is 13.8 Å². The molecule has 0 saturated carbocycles. The topological polar surface area (TPSA) is 21.3 Å². The molecular formula is C18H21NO. The molecule has 1 heterocycles. The zero-order valence-corrected chi connectivity index (χ0v) is 12.4. The molecule has 0 fully saturated rings. The first kappa shape index (κ1) is 13.2. The highest BCUT2D eigenvalue weighted by Gasteiger charge is 2.21. The van der Waals surface area contributed by atoms with Crippen molar-refractivity contribution in [3.05, 3.63) is 64.2 Å². The minimum atomic E-state index is 0.295. The van der Waals surface area contributed by atoms with E-state index in [0.29, 0.717) is 6.04 Å². The van der Waals surface area contributed by atoms with Crippen LogP contribution >= 0.6 is 0 Å². The molecule has 0 amide bonds. The second kappa shape index (κ2) is 5.29. The highest BCUT2D eigenvalue weighted by atomic mass is 16.5. The van der Waals surface area contributed by atoms with E-state index in [1.165, 1.54) is 27.8 Å². The second-order valence-corrected chi connectivity index (χ2v) is 5.62. The Morgan fingerprint density at radius 2 is 1.80 bits per heavy atom. The van der Waals surface area contributed by atoms with Crippen molar-refractivity contribution in [1.82, 2.24) is 5.32 Å². The molecule has 3 rings (SSSR count). The lowest BCUT2D eigenvalue weighted by Crippen LogP contribution is -2.30. The second-order valence-electron chi connectivity index (χ2n) is 5.62. The standard InChI is InChI=1S/C18H21NO/c1-12-8-13(2)10-15(9-12)18-17-5-4-16(20-3)11-14(17)6-7-19-18/h4-5,8-11,18-19H,6-7H2,1-3H3. The maximum absolute atomic E-state index is 5.34. The minimum Gasteiger partial charge on any atom is -0.497 e. The predicted octanol–water partition coefficient (Wildman–Crippen LogP) is 3.55. The maximum Gasteiger partial charge on any atom is 0.119 e. The summed E-state index contributed by atoms with van der Waals surface area (Å²) < 4.78 is 5.34. The third kappa shape index (κ3) is 2.44. The molecule has 1 unspecified atom stereocenters. The van der Waals surface area contributed by atoms with E-state index in [4.69, 9.17) is 4.74 Å². The van der Waals surface area contributed by atoms with Gasteiger partial charge in [-0.2, -0.15) is 0 Å². The molecule has 0 bridgehead atoms. The molecule has 0 spiro atoms. The van der Waals surface area contributed by atoms with Crippen LogP contribution in [0.4, 0.5) is 0 Å². The van der Waals surface area contributed by atoms with Gasteiger partial charge < -0.3 is 10.1 Å². The van der Waals surface area contributed by atoms with Gasteiger partial charge in [-0.1, -0.05) is 35.4 Å². The van der Waals surface area contributed by atoms with Crippen molar-refractivity contribution in [1.29, 1.82) is 0 Å². The van der Waals surface area contributed by atoms with E-state index in [2.05, 4.69) is 55.6 Å². The molecule has 20 heavy (non-hydrogen) atoms. The number of benzene rings is 2. The van der Waals surface area contributed by atoms with Crippen LogP contribution in [-0.4, -0.2) is 13.7 Å². The summed E-state index contributed by atoms with van der Waals surface area (Å²) >= 11 is 0. The van der Waals surface area contributed by atoms with Crippen molar-refractivity contribution in [2.45, 2.75) is 26.3 Å². The number of ether oxygens (including phenoxy) is 1. The first-order valence-corrected chi connectivity index (χ1v) is 7.16. The smallest absolute Gasteiger partial charge is 0.119 e. The Morgan fingerprint density at radius 3 is 2.50 bits per heavy atom. The summed E-state index contributed by atoms with van der Waals surface area (Å²) in [6, 6.07) is 13.5. The van der Waals surface area contributed by atoms with Crippen LogP contribution in [0.25, 0.3) is 0 Å². The molecular weight excluding hydrogens is 246 g/mol. The van der Waals surface area contributed by atoms with Crippen LogP contribution in [0.1, 0.15) is 33.9 Å². The lowest BCUT2D eigenvalue weighted by molar-refractivity contribution is 0.413. The monoisotopic (exact) mass is 267 g/mol. The van der Waals surface area contributed by atoms with Crippen molar-refractivity contribution in [3.63, 3.8) is 0 Å². The van der Waals surface area contributed by atoms with Crippen LogP contribution in [-0.2, 0) is 6.42 Å². The highest BCUT2D eigenvalue weighted by Crippen LogP contribution is 2.31. The summed E-state index contributed by atoms with van der Waals surface area (Å²) in [6.45, 7) is 5.33. The van der Waals surface area contributed by atoms with Gasteiger partial charge in [0.15, 0.2) is 0 Å². The third-order valence-corrected chi connectivity index (χ3v) is 3.98. The van der Waals surface area contributed by atoms with Crippen LogP contribution in [0.15, 0.2) is 36.4 Å². The zero-order valence-electron chi connectivity index (χ0n) is 12.4. The van der Waals surface area contributed by atoms with Gasteiger partial charge in [-0.3, -0.25) is 0 Å². The van der Waals surface area contributed by atoms with Crippen LogP contribution < -0.4 is 10.1 Å². The molecule has 1 atom stereocenters. The number of aryl methyl sites for hydroxylation is 2. The summed E-state index contributed by atoms with van der Waals surface area (Å²) in [5.41, 5.74) is 6.77. The van der Waals surface area contributed by atoms with E-state index in [9.17, 15) is 0 Å². The zero-order chi connectivity index (χ0) is 14.1. The van der Waals surface area contributed by atoms with E-state index < -0.39 is 0 Å². The normalized spacial score (nSPS) is 17.6. The summed E-state index contributed by atoms with van der Waals surface area (Å²) in [7, 11) is 1.73. The molecule has 0 saturated heterocycles. The predicted molar refractivity (Wildman–Crippen MR) is 82.5 cm³/mol. The molecule has 2 aromatic rings. The van der Waals surface area contributed by atoms with Crippen molar-refractivity contribution >= 4 is 0 Å². The van der Waals surface area contributed by atoms with Gasteiger partial charge in [-0.15, -0.1) is 0 Å². The Bertz CT molecular complexity index is 613. The third-order valence-electron chi connectivity index (χ3n) is 3.98. The van der Waals surface area contributed by atoms with Crippen molar-refractivity contribution in [3.8, 4) is 5.75 Å². The van der Waals surface area contributed by atoms with Gasteiger partial charge in [0.1, 0.15) is 5.75 Å². The van der Waals surface area contributed by atoms with E-state index in [-0.39, 0.29) is 0 Å². The average Bonchev–Trinajstić information content (AvgIpc) is 2.45. The molecule has 2 heteroatoms. The van der Waals surface area contributed by atoms with Gasteiger partial charge in [0.2, 0.25) is 0 Å². The first-order chi connectivity index (χ1) is 9.67. The summed E-state index contributed by atoms with van der Waals surface area (Å²) in [4.78, 5) is 0. The number of rotatable bonds is 2. The molecule has 1 aliphatic heterocycles. The lowest BCUT2D eigenvalue weighted by atomic mass is 9.88. The van der Waals surface area contributed by atoms with Gasteiger partial charge in [0.25, 0.3) is 0 Å². The fraction of sp³-hybridized carbons (Fsp3) is 0.333. The van der Waals surface area contributed by atoms with E-state index >= 15 is 0 Å². The lowest BCUT2D eigenvalue weighted by Gasteiger charge is -2.28. The fourth-order valence-electron chi connectivity index (χ4n) is 3.14. The Labute approximate surface area is 120 Å². The number of fused-ring (bicyclic) bond motifs is 1. The summed E-state index contributed by atoms with van der Waals surface area (Å²) in [6.07, 6.45) is 1.06. The minimum absolute atomic E-state index is 0.295. The Kier molecular flexibility index (Phi) is 3.49. The molecule has 2 nitrogen and oxygen atoms in total. The van der Waals surface area contributed by atoms with Gasteiger partial charge in [-0.25, -0.2) is 0 Å². The largest absolute Gasteiger partial charge is 0.497 e. The van der Waals surface area contributed by atoms with Crippen molar-refractivity contribution < 1.29 is 4.74 Å². The first-order valence-electron chi connectivity index (χ1n) is 7.16. The number of methoxy groups -OCH3 is 1. The fourth-order valence-corrected chi connectivity index (χ4v) is 3.14. The summed E-state index contributed by atoms with van der Waals surface area (Å²) in [5, 5.41) is 3.64. The number of nitrogens with one attached hydrogen (secondary N) is 1. The Morgan fingerprint density at radius 1 is 1.05 bits per heavy atom. The number of hydrogen-bond donors (Lipinski definition) is 1. The van der Waals surface area contributed by atoms with Crippen molar-refractivity contribution in [2.24, 2.45) is 0 Å². The molecule has 2 aromatic carbocycles. The van der Waals surface area contributed by atoms with E-state index in [0.717, 1.165) is 18.7 Å². The molecule has 0 aliphatic carbocycles. The highest BCUT2D eigenvalue weighted by molar-refractivity contribution is 5.45. The maximum atomic E-state index is 5.34. The van der Waals surface area contributed by atoms with Crippen LogP contribution in [0.3, 0.4) is 0 Å². The van der Waals surface area contributed by atoms with Gasteiger partial charge in [0, 0.05) is 6.54 Å². The Hall–Kier alpha value is -1.80. The Balaban J connectivity index is 2.05. The van der Waals surface area contributed by atoms with E-state index in [1.807, 2.05) is 0 Å². The van der Waals surface area contributed by atoms with E-state index in [1.54, 1.807) is 7.11 Å². The SMILES string of the molecule is COc1ccc2c(c1)CCNC2c1cc(C)cc(C)c1. The molecule has 0 radical (unpaired) electrons. The van der Waals surface area contributed by atoms with Gasteiger partial charge in [-0.05, 0) is 49.1 Å². The van der Waals surface area contributed by atoms with Crippen LogP contribution in [0.5, 0.6) is 5.75 Å². The quantitative estimate of drug-likeness (QED) is 0.898. The molecule has 0 aromatic heterocycles. The average molecular weight is 267 g/mol.